The van der Waals surface area contributed by atoms with E-state index in [1.807, 2.05) is 6.92 Å². The summed E-state index contributed by atoms with van der Waals surface area (Å²) >= 11 is 9.18. The van der Waals surface area contributed by atoms with Gasteiger partial charge in [0.2, 0.25) is 0 Å². The molecule has 0 radical (unpaired) electrons. The molecule has 1 aromatic heterocycles. The summed E-state index contributed by atoms with van der Waals surface area (Å²) in [4.78, 5) is 3.82. The van der Waals surface area contributed by atoms with Crippen molar-refractivity contribution in [3.63, 3.8) is 0 Å². The fourth-order valence-corrected chi connectivity index (χ4v) is 3.57. The van der Waals surface area contributed by atoms with Crippen LogP contribution in [0.3, 0.4) is 0 Å². The van der Waals surface area contributed by atoms with Crippen molar-refractivity contribution in [1.29, 1.82) is 0 Å². The van der Waals surface area contributed by atoms with Crippen molar-refractivity contribution >= 4 is 49.1 Å². The molecule has 9 heteroatoms. The van der Waals surface area contributed by atoms with Gasteiger partial charge in [0.15, 0.2) is 5.82 Å². The number of nitrogens with zero attached hydrogens (tertiary/aromatic N) is 1. The lowest BCUT2D eigenvalue weighted by molar-refractivity contribution is 0.601. The van der Waals surface area contributed by atoms with E-state index < -0.39 is 10.0 Å². The second kappa shape index (κ2) is 6.18. The molecule has 0 atom stereocenters. The van der Waals surface area contributed by atoms with E-state index in [9.17, 15) is 8.42 Å². The second-order valence-electron chi connectivity index (χ2n) is 4.23. The van der Waals surface area contributed by atoms with Gasteiger partial charge in [-0.2, -0.15) is 0 Å². The third-order valence-electron chi connectivity index (χ3n) is 2.61. The van der Waals surface area contributed by atoms with Crippen LogP contribution in [0.4, 0.5) is 11.5 Å². The summed E-state index contributed by atoms with van der Waals surface area (Å²) in [5.41, 5.74) is 3.42. The zero-order chi connectivity index (χ0) is 15.6. The quantitative estimate of drug-likeness (QED) is 0.550. The fraction of sp³-hybridized carbons (Fsp3) is 0.0833. The lowest BCUT2D eigenvalue weighted by Crippen LogP contribution is -2.19. The maximum atomic E-state index is 12.5. The Balaban J connectivity index is 2.48. The van der Waals surface area contributed by atoms with E-state index in [-0.39, 0.29) is 10.7 Å². The monoisotopic (exact) mass is 390 g/mol. The third kappa shape index (κ3) is 3.65. The third-order valence-corrected chi connectivity index (χ3v) is 4.75. The summed E-state index contributed by atoms with van der Waals surface area (Å²) in [7, 11) is -3.89. The van der Waals surface area contributed by atoms with Crippen molar-refractivity contribution < 1.29 is 8.42 Å². The maximum Gasteiger partial charge on any atom is 0.265 e. The minimum atomic E-state index is -3.89. The first-order chi connectivity index (χ1) is 9.83. The van der Waals surface area contributed by atoms with E-state index in [1.54, 1.807) is 18.2 Å². The van der Waals surface area contributed by atoms with E-state index in [4.69, 9.17) is 17.4 Å². The lowest BCUT2D eigenvalue weighted by Gasteiger charge is -2.13. The lowest BCUT2D eigenvalue weighted by atomic mass is 10.2. The molecule has 0 aliphatic heterocycles. The van der Waals surface area contributed by atoms with E-state index in [2.05, 4.69) is 31.1 Å². The standard InChI is InChI=1S/C12H12BrClN4O2S/c1-7-2-3-9(14)10(4-7)18-21(19,20)11-5-8(13)6-16-12(11)17-15/h2-6,18H,15H2,1H3,(H,16,17). The molecule has 0 saturated heterocycles. The van der Waals surface area contributed by atoms with Crippen LogP contribution >= 0.6 is 27.5 Å². The summed E-state index contributed by atoms with van der Waals surface area (Å²) in [5, 5.41) is 0.300. The van der Waals surface area contributed by atoms with E-state index in [0.29, 0.717) is 15.2 Å². The first-order valence-electron chi connectivity index (χ1n) is 5.74. The summed E-state index contributed by atoms with van der Waals surface area (Å²) < 4.78 is 27.9. The zero-order valence-corrected chi connectivity index (χ0v) is 14.1. The molecule has 2 rings (SSSR count). The predicted octanol–water partition coefficient (Wildman–Crippen LogP) is 2.89. The topological polar surface area (TPSA) is 97.1 Å². The van der Waals surface area contributed by atoms with Crippen LogP contribution in [0.25, 0.3) is 0 Å². The Kier molecular flexibility index (Phi) is 4.72. The second-order valence-corrected chi connectivity index (χ2v) is 7.21. The number of nitrogens with two attached hydrogens (primary N) is 1. The molecule has 0 bridgehead atoms. The molecule has 1 heterocycles. The number of pyridine rings is 1. The molecule has 112 valence electrons. The summed E-state index contributed by atoms with van der Waals surface area (Å²) in [6, 6.07) is 6.44. The molecular weight excluding hydrogens is 380 g/mol. The summed E-state index contributed by atoms with van der Waals surface area (Å²) in [6.45, 7) is 1.83. The van der Waals surface area contributed by atoms with Crippen LogP contribution in [0.5, 0.6) is 0 Å². The number of hydrazine groups is 1. The number of sulfonamides is 1. The van der Waals surface area contributed by atoms with Crippen LogP contribution in [0.15, 0.2) is 39.8 Å². The Morgan fingerprint density at radius 3 is 2.71 bits per heavy atom. The Hall–Kier alpha value is -1.35. The van der Waals surface area contributed by atoms with Crippen LogP contribution in [-0.4, -0.2) is 13.4 Å². The Bertz CT molecular complexity index is 783. The van der Waals surface area contributed by atoms with Gasteiger partial charge in [-0.1, -0.05) is 17.7 Å². The van der Waals surface area contributed by atoms with Gasteiger partial charge in [-0.15, -0.1) is 0 Å². The van der Waals surface area contributed by atoms with Gasteiger partial charge < -0.3 is 5.43 Å². The molecular formula is C12H12BrClN4O2S. The summed E-state index contributed by atoms with van der Waals surface area (Å²) in [6.07, 6.45) is 1.44. The first-order valence-corrected chi connectivity index (χ1v) is 8.40. The van der Waals surface area contributed by atoms with Crippen molar-refractivity contribution in [3.05, 3.63) is 45.5 Å². The molecule has 0 amide bonds. The molecule has 1 aromatic carbocycles. The summed E-state index contributed by atoms with van der Waals surface area (Å²) in [5.74, 6) is 5.34. The minimum absolute atomic E-state index is 0.0366. The highest BCUT2D eigenvalue weighted by Gasteiger charge is 2.21. The van der Waals surface area contributed by atoms with Crippen molar-refractivity contribution in [2.24, 2.45) is 5.84 Å². The number of nitrogens with one attached hydrogen (secondary N) is 2. The smallest absolute Gasteiger partial charge is 0.265 e. The first kappa shape index (κ1) is 16.0. The number of aryl methyl sites for hydroxylation is 1. The number of halogens is 2. The van der Waals surface area contributed by atoms with Crippen LogP contribution < -0.4 is 16.0 Å². The number of aromatic nitrogens is 1. The predicted molar refractivity (Wildman–Crippen MR) is 86.7 cm³/mol. The molecule has 0 saturated carbocycles. The average molecular weight is 392 g/mol. The van der Waals surface area contributed by atoms with Gasteiger partial charge in [-0.3, -0.25) is 4.72 Å². The Labute approximate surface area is 135 Å². The number of anilines is 2. The SMILES string of the molecule is Cc1ccc(Cl)c(NS(=O)(=O)c2cc(Br)cnc2NN)c1. The zero-order valence-electron chi connectivity index (χ0n) is 10.9. The highest BCUT2D eigenvalue weighted by Crippen LogP contribution is 2.28. The van der Waals surface area contributed by atoms with Gasteiger partial charge in [-0.05, 0) is 46.6 Å². The molecule has 21 heavy (non-hydrogen) atoms. The van der Waals surface area contributed by atoms with Crippen molar-refractivity contribution in [2.45, 2.75) is 11.8 Å². The number of nitrogen functional groups attached to an aromatic ring is 1. The molecule has 0 unspecified atom stereocenters. The van der Waals surface area contributed by atoms with Gasteiger partial charge in [0, 0.05) is 10.7 Å². The minimum Gasteiger partial charge on any atom is -0.307 e. The van der Waals surface area contributed by atoms with Crippen LogP contribution in [0.1, 0.15) is 5.56 Å². The van der Waals surface area contributed by atoms with Gasteiger partial charge in [0.1, 0.15) is 4.90 Å². The van der Waals surface area contributed by atoms with Gasteiger partial charge in [0.05, 0.1) is 10.7 Å². The van der Waals surface area contributed by atoms with Gasteiger partial charge >= 0.3 is 0 Å². The number of hydrogen-bond donors (Lipinski definition) is 3. The number of benzene rings is 1. The molecule has 0 spiro atoms. The fourth-order valence-electron chi connectivity index (χ4n) is 1.65. The van der Waals surface area contributed by atoms with Crippen LogP contribution in [0.2, 0.25) is 5.02 Å². The molecule has 2 aromatic rings. The largest absolute Gasteiger partial charge is 0.307 e. The molecule has 0 aliphatic carbocycles. The molecule has 6 nitrogen and oxygen atoms in total. The van der Waals surface area contributed by atoms with Crippen LogP contribution in [0, 0.1) is 6.92 Å². The maximum absolute atomic E-state index is 12.5. The Morgan fingerprint density at radius 2 is 2.05 bits per heavy atom. The van der Waals surface area contributed by atoms with Gasteiger partial charge in [-0.25, -0.2) is 19.2 Å². The highest BCUT2D eigenvalue weighted by atomic mass is 79.9. The molecule has 0 fully saturated rings. The van der Waals surface area contributed by atoms with Crippen LogP contribution in [-0.2, 0) is 10.0 Å². The van der Waals surface area contributed by atoms with E-state index >= 15 is 0 Å². The van der Waals surface area contributed by atoms with E-state index in [1.165, 1.54) is 12.3 Å². The number of hydrogen-bond acceptors (Lipinski definition) is 5. The highest BCUT2D eigenvalue weighted by molar-refractivity contribution is 9.10. The average Bonchev–Trinajstić information content (AvgIpc) is 2.42. The normalized spacial score (nSPS) is 11.2. The van der Waals surface area contributed by atoms with Crippen molar-refractivity contribution in [3.8, 4) is 0 Å². The van der Waals surface area contributed by atoms with Gasteiger partial charge in [0.25, 0.3) is 10.0 Å². The van der Waals surface area contributed by atoms with Crippen molar-refractivity contribution in [1.82, 2.24) is 4.98 Å². The Morgan fingerprint density at radius 1 is 1.33 bits per heavy atom. The number of rotatable bonds is 4. The van der Waals surface area contributed by atoms with E-state index in [0.717, 1.165) is 5.56 Å². The molecule has 0 aliphatic rings. The molecule has 4 N–H and O–H groups in total. The van der Waals surface area contributed by atoms with Crippen molar-refractivity contribution in [2.75, 3.05) is 10.1 Å².